The maximum absolute atomic E-state index is 5.52. The molecule has 0 saturated carbocycles. The normalized spacial score (nSPS) is 12.3. The summed E-state index contributed by atoms with van der Waals surface area (Å²) in [5.74, 6) is 0. The molecule has 0 aliphatic carbocycles. The number of benzene rings is 2. The highest BCUT2D eigenvalue weighted by atomic mass is 14.8. The lowest BCUT2D eigenvalue weighted by atomic mass is 9.96. The molecule has 0 bridgehead atoms. The highest BCUT2D eigenvalue weighted by Gasteiger charge is 2.13. The molecular weight excluding hydrogens is 581 g/mol. The Kier molecular flexibility index (Phi) is 24.1. The van der Waals surface area contributed by atoms with E-state index in [-0.39, 0.29) is 0 Å². The van der Waals surface area contributed by atoms with Crippen LogP contribution in [0.3, 0.4) is 0 Å². The minimum absolute atomic E-state index is 1.03. The quantitative estimate of drug-likeness (QED) is 0.0615. The van der Waals surface area contributed by atoms with E-state index in [0.29, 0.717) is 0 Å². The van der Waals surface area contributed by atoms with Gasteiger partial charge in [-0.15, -0.1) is 0 Å². The van der Waals surface area contributed by atoms with Crippen molar-refractivity contribution in [2.75, 3.05) is 0 Å². The summed E-state index contributed by atoms with van der Waals surface area (Å²) in [4.78, 5) is 11.0. The summed E-state index contributed by atoms with van der Waals surface area (Å²) < 4.78 is 0. The van der Waals surface area contributed by atoms with Crippen LogP contribution in [0.5, 0.6) is 0 Å². The van der Waals surface area contributed by atoms with Gasteiger partial charge in [0.15, 0.2) is 0 Å². The van der Waals surface area contributed by atoms with E-state index in [9.17, 15) is 0 Å². The summed E-state index contributed by atoms with van der Waals surface area (Å²) in [6.07, 6.45) is 32.4. The lowest BCUT2D eigenvalue weighted by Crippen LogP contribution is -2.15. The van der Waals surface area contributed by atoms with Gasteiger partial charge in [0.05, 0.1) is 22.8 Å². The van der Waals surface area contributed by atoms with E-state index in [0.717, 1.165) is 37.1 Å². The van der Waals surface area contributed by atoms with Crippen molar-refractivity contribution in [2.24, 2.45) is 9.98 Å². The van der Waals surface area contributed by atoms with Crippen LogP contribution in [0, 0.1) is 0 Å². The second kappa shape index (κ2) is 27.6. The van der Waals surface area contributed by atoms with Crippen molar-refractivity contribution in [1.82, 2.24) is 0 Å². The molecule has 2 heteroatoms. The molecule has 0 N–H and O–H groups in total. The standard InChI is InChI=1S/C46H76N2/c1-7-13-19-21-23-25-31-45(47-43-35-33-39(27-15-9-3)41(37-43)29-17-11-5)46(32-26-24-22-20-14-8-2)48-44-36-34-40(28-16-10-4)42(38-44)30-18-12-6/h33-38H,7-32H2,1-6H3. The Morgan fingerprint density at radius 2 is 0.667 bits per heavy atom. The molecule has 2 aromatic carbocycles. The highest BCUT2D eigenvalue weighted by Crippen LogP contribution is 2.27. The third kappa shape index (κ3) is 17.4. The summed E-state index contributed by atoms with van der Waals surface area (Å²) in [6, 6.07) is 14.2. The molecule has 0 radical (unpaired) electrons. The van der Waals surface area contributed by atoms with Crippen LogP contribution >= 0.6 is 0 Å². The molecule has 0 aromatic heterocycles. The Morgan fingerprint density at radius 3 is 1.02 bits per heavy atom. The molecule has 0 heterocycles. The number of nitrogens with zero attached hydrogens (tertiary/aromatic N) is 2. The average Bonchev–Trinajstić information content (AvgIpc) is 3.10. The SMILES string of the molecule is CCCCCCCCC(=Nc1ccc(CCCC)c(CCCC)c1)C(CCCCCCCC)=Nc1ccc(CCCC)c(CCCC)c1. The minimum Gasteiger partial charge on any atom is -0.252 e. The molecule has 0 fully saturated rings. The van der Waals surface area contributed by atoms with Crippen LogP contribution in [0.15, 0.2) is 46.4 Å². The van der Waals surface area contributed by atoms with Crippen LogP contribution in [0.2, 0.25) is 0 Å². The highest BCUT2D eigenvalue weighted by molar-refractivity contribution is 6.43. The second-order valence-corrected chi connectivity index (χ2v) is 14.5. The van der Waals surface area contributed by atoms with Crippen molar-refractivity contribution >= 4 is 22.8 Å². The van der Waals surface area contributed by atoms with Gasteiger partial charge in [0, 0.05) is 0 Å². The lowest BCUT2D eigenvalue weighted by Gasteiger charge is -2.15. The minimum atomic E-state index is 1.03. The van der Waals surface area contributed by atoms with Gasteiger partial charge in [0.1, 0.15) is 0 Å². The largest absolute Gasteiger partial charge is 0.252 e. The molecule has 0 spiro atoms. The molecule has 2 nitrogen and oxygen atoms in total. The first kappa shape index (κ1) is 41.9. The number of hydrogen-bond acceptors (Lipinski definition) is 2. The van der Waals surface area contributed by atoms with Gasteiger partial charge in [-0.25, -0.2) is 0 Å². The van der Waals surface area contributed by atoms with E-state index in [2.05, 4.69) is 77.9 Å². The molecule has 0 aliphatic rings. The van der Waals surface area contributed by atoms with Crippen LogP contribution in [0.1, 0.15) is 205 Å². The van der Waals surface area contributed by atoms with Gasteiger partial charge in [0.2, 0.25) is 0 Å². The number of aliphatic imine (C=N–C) groups is 2. The van der Waals surface area contributed by atoms with E-state index in [4.69, 9.17) is 9.98 Å². The van der Waals surface area contributed by atoms with Crippen molar-refractivity contribution in [3.63, 3.8) is 0 Å². The Morgan fingerprint density at radius 1 is 0.354 bits per heavy atom. The zero-order chi connectivity index (χ0) is 34.7. The number of rotatable bonds is 29. The predicted molar refractivity (Wildman–Crippen MR) is 218 cm³/mol. The molecule has 0 saturated heterocycles. The van der Waals surface area contributed by atoms with E-state index in [1.165, 1.54) is 175 Å². The fourth-order valence-electron chi connectivity index (χ4n) is 6.77. The number of hydrogen-bond donors (Lipinski definition) is 0. The molecule has 48 heavy (non-hydrogen) atoms. The van der Waals surface area contributed by atoms with E-state index in [1.54, 1.807) is 0 Å². The molecule has 0 unspecified atom stereocenters. The Labute approximate surface area is 299 Å². The van der Waals surface area contributed by atoms with Crippen molar-refractivity contribution in [1.29, 1.82) is 0 Å². The average molecular weight is 657 g/mol. The van der Waals surface area contributed by atoms with Crippen LogP contribution in [-0.2, 0) is 25.7 Å². The molecule has 2 aromatic rings. The van der Waals surface area contributed by atoms with Crippen molar-refractivity contribution in [2.45, 2.75) is 208 Å². The zero-order valence-corrected chi connectivity index (χ0v) is 32.7. The summed E-state index contributed by atoms with van der Waals surface area (Å²) in [7, 11) is 0. The maximum Gasteiger partial charge on any atom is 0.0636 e. The first-order chi connectivity index (χ1) is 23.6. The van der Waals surface area contributed by atoms with Crippen LogP contribution in [0.4, 0.5) is 11.4 Å². The number of aryl methyl sites for hydroxylation is 4. The van der Waals surface area contributed by atoms with Gasteiger partial charge >= 0.3 is 0 Å². The summed E-state index contributed by atoms with van der Waals surface area (Å²) >= 11 is 0. The van der Waals surface area contributed by atoms with Crippen molar-refractivity contribution in [3.8, 4) is 0 Å². The second-order valence-electron chi connectivity index (χ2n) is 14.5. The van der Waals surface area contributed by atoms with Gasteiger partial charge in [-0.2, -0.15) is 0 Å². The Hall–Kier alpha value is -2.22. The van der Waals surface area contributed by atoms with Crippen LogP contribution < -0.4 is 0 Å². The van der Waals surface area contributed by atoms with E-state index < -0.39 is 0 Å². The van der Waals surface area contributed by atoms with E-state index in [1.807, 2.05) is 0 Å². The third-order valence-electron chi connectivity index (χ3n) is 9.97. The molecule has 270 valence electrons. The summed E-state index contributed by atoms with van der Waals surface area (Å²) in [5, 5.41) is 0. The van der Waals surface area contributed by atoms with Crippen molar-refractivity contribution < 1.29 is 0 Å². The maximum atomic E-state index is 5.52. The van der Waals surface area contributed by atoms with Crippen molar-refractivity contribution in [3.05, 3.63) is 58.7 Å². The van der Waals surface area contributed by atoms with Gasteiger partial charge < -0.3 is 0 Å². The van der Waals surface area contributed by atoms with Crippen LogP contribution in [-0.4, -0.2) is 11.4 Å². The Balaban J connectivity index is 2.55. The molecule has 0 aliphatic heterocycles. The van der Waals surface area contributed by atoms with Gasteiger partial charge in [-0.3, -0.25) is 9.98 Å². The monoisotopic (exact) mass is 657 g/mol. The zero-order valence-electron chi connectivity index (χ0n) is 32.7. The predicted octanol–water partition coefficient (Wildman–Crippen LogP) is 15.4. The van der Waals surface area contributed by atoms with E-state index >= 15 is 0 Å². The molecule has 0 amide bonds. The van der Waals surface area contributed by atoms with Crippen LogP contribution in [0.25, 0.3) is 0 Å². The fourth-order valence-corrected chi connectivity index (χ4v) is 6.77. The lowest BCUT2D eigenvalue weighted by molar-refractivity contribution is 0.613. The number of unbranched alkanes of at least 4 members (excludes halogenated alkanes) is 14. The van der Waals surface area contributed by atoms with Gasteiger partial charge in [-0.1, -0.05) is 144 Å². The summed E-state index contributed by atoms with van der Waals surface area (Å²) in [6.45, 7) is 13.8. The molecule has 2 rings (SSSR count). The third-order valence-corrected chi connectivity index (χ3v) is 9.97. The summed E-state index contributed by atoms with van der Waals surface area (Å²) in [5.41, 5.74) is 10.9. The molecule has 0 atom stereocenters. The molecular formula is C46H76N2. The van der Waals surface area contributed by atoms with Gasteiger partial charge in [0.25, 0.3) is 0 Å². The first-order valence-electron chi connectivity index (χ1n) is 21.0. The Bertz CT molecular complexity index is 1070. The smallest absolute Gasteiger partial charge is 0.0636 e. The van der Waals surface area contributed by atoms with Gasteiger partial charge in [-0.05, 0) is 124 Å². The first-order valence-corrected chi connectivity index (χ1v) is 21.0. The fraction of sp³-hybridized carbons (Fsp3) is 0.696. The topological polar surface area (TPSA) is 24.7 Å².